The van der Waals surface area contributed by atoms with Crippen LogP contribution in [0.4, 0.5) is 0 Å². The summed E-state index contributed by atoms with van der Waals surface area (Å²) in [5.74, 6) is -0.819. The van der Waals surface area contributed by atoms with Crippen molar-refractivity contribution in [3.8, 4) is 5.75 Å². The maximum Gasteiger partial charge on any atom is 0.308 e. The second kappa shape index (κ2) is 6.16. The number of hydrogen-bond donors (Lipinski definition) is 1. The number of likely N-dealkylation sites (tertiary alicyclic amines) is 1. The van der Waals surface area contributed by atoms with Gasteiger partial charge in [0.15, 0.2) is 6.61 Å². The first-order valence-corrected chi connectivity index (χ1v) is 7.12. The molecule has 0 spiro atoms. The van der Waals surface area contributed by atoms with Crippen LogP contribution in [0.15, 0.2) is 18.2 Å². The molecule has 0 aliphatic carbocycles. The first kappa shape index (κ1) is 15.4. The topological polar surface area (TPSA) is 66.8 Å². The first-order chi connectivity index (χ1) is 9.90. The molecule has 1 aliphatic heterocycles. The zero-order chi connectivity index (χ0) is 15.6. The SMILES string of the molecule is Cc1ccc(OCC(=O)N2CCC(C(=O)O)C2C)cc1C. The van der Waals surface area contributed by atoms with Crippen molar-refractivity contribution in [2.24, 2.45) is 5.92 Å². The number of rotatable bonds is 4. The number of aliphatic carboxylic acids is 1. The van der Waals surface area contributed by atoms with Crippen molar-refractivity contribution in [3.05, 3.63) is 29.3 Å². The van der Waals surface area contributed by atoms with Crippen LogP contribution in [-0.2, 0) is 9.59 Å². The molecule has 2 unspecified atom stereocenters. The number of nitrogens with zero attached hydrogens (tertiary/aromatic N) is 1. The molecule has 114 valence electrons. The van der Waals surface area contributed by atoms with Crippen LogP contribution in [0.1, 0.15) is 24.5 Å². The van der Waals surface area contributed by atoms with Crippen molar-refractivity contribution < 1.29 is 19.4 Å². The summed E-state index contributed by atoms with van der Waals surface area (Å²) < 4.78 is 5.52. The lowest BCUT2D eigenvalue weighted by Gasteiger charge is -2.23. The predicted octanol–water partition coefficient (Wildman–Crippen LogP) is 2.00. The molecule has 1 aliphatic rings. The van der Waals surface area contributed by atoms with E-state index in [0.29, 0.717) is 18.7 Å². The van der Waals surface area contributed by atoms with Crippen molar-refractivity contribution in [3.63, 3.8) is 0 Å². The van der Waals surface area contributed by atoms with Gasteiger partial charge in [-0.15, -0.1) is 0 Å². The van der Waals surface area contributed by atoms with Gasteiger partial charge in [0.1, 0.15) is 5.75 Å². The molecule has 0 aromatic heterocycles. The molecule has 1 amide bonds. The maximum atomic E-state index is 12.2. The van der Waals surface area contributed by atoms with Gasteiger partial charge in [-0.3, -0.25) is 9.59 Å². The average Bonchev–Trinajstić information content (AvgIpc) is 2.82. The van der Waals surface area contributed by atoms with E-state index in [1.807, 2.05) is 32.0 Å². The molecule has 2 atom stereocenters. The Kier molecular flexibility index (Phi) is 4.50. The summed E-state index contributed by atoms with van der Waals surface area (Å²) in [6, 6.07) is 5.41. The molecule has 1 N–H and O–H groups in total. The molecule has 1 saturated heterocycles. The predicted molar refractivity (Wildman–Crippen MR) is 78.3 cm³/mol. The lowest BCUT2D eigenvalue weighted by Crippen LogP contribution is -2.40. The summed E-state index contributed by atoms with van der Waals surface area (Å²) in [7, 11) is 0. The summed E-state index contributed by atoms with van der Waals surface area (Å²) in [5.41, 5.74) is 2.28. The zero-order valence-corrected chi connectivity index (χ0v) is 12.6. The summed E-state index contributed by atoms with van der Waals surface area (Å²) in [6.07, 6.45) is 0.506. The van der Waals surface area contributed by atoms with E-state index in [1.54, 1.807) is 11.8 Å². The normalized spacial score (nSPS) is 21.4. The van der Waals surface area contributed by atoms with Crippen LogP contribution < -0.4 is 4.74 Å². The van der Waals surface area contributed by atoms with Gasteiger partial charge in [0.05, 0.1) is 5.92 Å². The van der Waals surface area contributed by atoms with Crippen molar-refractivity contribution in [1.82, 2.24) is 4.90 Å². The third kappa shape index (κ3) is 3.35. The lowest BCUT2D eigenvalue weighted by atomic mass is 10.0. The fourth-order valence-corrected chi connectivity index (χ4v) is 2.65. The van der Waals surface area contributed by atoms with Crippen molar-refractivity contribution in [2.45, 2.75) is 33.2 Å². The molecule has 1 aromatic rings. The van der Waals surface area contributed by atoms with Gasteiger partial charge in [0.2, 0.25) is 0 Å². The van der Waals surface area contributed by atoms with E-state index < -0.39 is 11.9 Å². The molecular formula is C16H21NO4. The zero-order valence-electron chi connectivity index (χ0n) is 12.6. The summed E-state index contributed by atoms with van der Waals surface area (Å²) >= 11 is 0. The number of amides is 1. The third-order valence-corrected chi connectivity index (χ3v) is 4.23. The molecule has 0 bridgehead atoms. The number of carbonyl (C=O) groups excluding carboxylic acids is 1. The Bertz CT molecular complexity index is 555. The van der Waals surface area contributed by atoms with Gasteiger partial charge >= 0.3 is 5.97 Å². The maximum absolute atomic E-state index is 12.2. The van der Waals surface area contributed by atoms with Crippen LogP contribution in [0.2, 0.25) is 0 Å². The van der Waals surface area contributed by atoms with E-state index in [9.17, 15) is 9.59 Å². The first-order valence-electron chi connectivity index (χ1n) is 7.12. The fourth-order valence-electron chi connectivity index (χ4n) is 2.65. The minimum absolute atomic E-state index is 0.0564. The number of ether oxygens (including phenoxy) is 1. The summed E-state index contributed by atoms with van der Waals surface area (Å²) in [5, 5.41) is 9.08. The van der Waals surface area contributed by atoms with Gasteiger partial charge in [-0.2, -0.15) is 0 Å². The number of carboxylic acid groups (broad SMARTS) is 1. The van der Waals surface area contributed by atoms with Crippen LogP contribution in [0.25, 0.3) is 0 Å². The van der Waals surface area contributed by atoms with Crippen LogP contribution in [0, 0.1) is 19.8 Å². The molecule has 0 radical (unpaired) electrons. The highest BCUT2D eigenvalue weighted by Gasteiger charge is 2.38. The molecule has 5 heteroatoms. The number of carbonyl (C=O) groups is 2. The molecule has 0 saturated carbocycles. The Hall–Kier alpha value is -2.04. The van der Waals surface area contributed by atoms with E-state index in [0.717, 1.165) is 5.56 Å². The van der Waals surface area contributed by atoms with E-state index in [4.69, 9.17) is 9.84 Å². The second-order valence-corrected chi connectivity index (χ2v) is 5.60. The van der Waals surface area contributed by atoms with Gasteiger partial charge in [0.25, 0.3) is 5.91 Å². The molecule has 1 fully saturated rings. The molecule has 21 heavy (non-hydrogen) atoms. The summed E-state index contributed by atoms with van der Waals surface area (Å²) in [6.45, 7) is 6.21. The van der Waals surface area contributed by atoms with Crippen LogP contribution >= 0.6 is 0 Å². The average molecular weight is 291 g/mol. The van der Waals surface area contributed by atoms with E-state index >= 15 is 0 Å². The van der Waals surface area contributed by atoms with E-state index in [-0.39, 0.29) is 18.6 Å². The van der Waals surface area contributed by atoms with Gasteiger partial charge in [-0.25, -0.2) is 0 Å². The molecule has 5 nitrogen and oxygen atoms in total. The van der Waals surface area contributed by atoms with Gasteiger partial charge < -0.3 is 14.7 Å². The number of carboxylic acids is 1. The number of hydrogen-bond acceptors (Lipinski definition) is 3. The highest BCUT2D eigenvalue weighted by atomic mass is 16.5. The minimum Gasteiger partial charge on any atom is -0.484 e. The van der Waals surface area contributed by atoms with Crippen molar-refractivity contribution in [2.75, 3.05) is 13.2 Å². The molecule has 2 rings (SSSR count). The Morgan fingerprint density at radius 3 is 2.62 bits per heavy atom. The van der Waals surface area contributed by atoms with Crippen molar-refractivity contribution >= 4 is 11.9 Å². The Morgan fingerprint density at radius 2 is 2.05 bits per heavy atom. The van der Waals surface area contributed by atoms with Crippen LogP contribution in [0.5, 0.6) is 5.75 Å². The Morgan fingerprint density at radius 1 is 1.33 bits per heavy atom. The standard InChI is InChI=1S/C16H21NO4/c1-10-4-5-13(8-11(10)2)21-9-15(18)17-7-6-14(12(17)3)16(19)20/h4-5,8,12,14H,6-7,9H2,1-3H3,(H,19,20). The lowest BCUT2D eigenvalue weighted by molar-refractivity contribution is -0.143. The Labute approximate surface area is 124 Å². The third-order valence-electron chi connectivity index (χ3n) is 4.23. The molecule has 1 aromatic carbocycles. The van der Waals surface area contributed by atoms with Crippen LogP contribution in [-0.4, -0.2) is 41.1 Å². The highest BCUT2D eigenvalue weighted by Crippen LogP contribution is 2.24. The second-order valence-electron chi connectivity index (χ2n) is 5.60. The molecule has 1 heterocycles. The number of aryl methyl sites for hydroxylation is 2. The number of benzene rings is 1. The smallest absolute Gasteiger partial charge is 0.308 e. The fraction of sp³-hybridized carbons (Fsp3) is 0.500. The quantitative estimate of drug-likeness (QED) is 0.921. The molecular weight excluding hydrogens is 270 g/mol. The van der Waals surface area contributed by atoms with E-state index in [1.165, 1.54) is 5.56 Å². The summed E-state index contributed by atoms with van der Waals surface area (Å²) in [4.78, 5) is 24.8. The van der Waals surface area contributed by atoms with Crippen molar-refractivity contribution in [1.29, 1.82) is 0 Å². The monoisotopic (exact) mass is 291 g/mol. The highest BCUT2D eigenvalue weighted by molar-refractivity contribution is 5.80. The minimum atomic E-state index is -0.840. The van der Waals surface area contributed by atoms with Gasteiger partial charge in [-0.1, -0.05) is 6.07 Å². The van der Waals surface area contributed by atoms with E-state index in [2.05, 4.69) is 0 Å². The van der Waals surface area contributed by atoms with Gasteiger partial charge in [-0.05, 0) is 50.5 Å². The largest absolute Gasteiger partial charge is 0.484 e. The van der Waals surface area contributed by atoms with Gasteiger partial charge in [0, 0.05) is 12.6 Å². The van der Waals surface area contributed by atoms with Crippen LogP contribution in [0.3, 0.4) is 0 Å². The Balaban J connectivity index is 1.93.